The SMILES string of the molecule is C[C@H](N)C(=O)OC[C@H]1CN(C2(C3CCN(c4cc5c(cc4F)c(=O)c(C(=O)O)cn5C4CC4)CC3)Oc3ccc(c(F)c3)O2)CO1. The summed E-state index contributed by atoms with van der Waals surface area (Å²) in [6.07, 6.45) is 3.48. The maximum atomic E-state index is 15.6. The predicted molar refractivity (Wildman–Crippen MR) is 160 cm³/mol. The lowest BCUT2D eigenvalue weighted by molar-refractivity contribution is -0.260. The van der Waals surface area contributed by atoms with Crippen LogP contribution in [0.5, 0.6) is 11.5 Å². The molecular formula is C32H34F2N4O8. The van der Waals surface area contributed by atoms with Gasteiger partial charge in [-0.2, -0.15) is 0 Å². The summed E-state index contributed by atoms with van der Waals surface area (Å²) in [6, 6.07) is 6.45. The Morgan fingerprint density at radius 2 is 1.87 bits per heavy atom. The van der Waals surface area contributed by atoms with Crippen LogP contribution in [0.25, 0.3) is 10.9 Å². The Kier molecular flexibility index (Phi) is 7.60. The molecule has 4 aliphatic heterocycles. The van der Waals surface area contributed by atoms with Crippen molar-refractivity contribution in [2.45, 2.75) is 56.7 Å². The normalized spacial score (nSPS) is 24.0. The molecule has 14 heteroatoms. The molecule has 3 N–H and O–H groups in total. The second kappa shape index (κ2) is 11.5. The van der Waals surface area contributed by atoms with Crippen molar-refractivity contribution in [3.63, 3.8) is 0 Å². The predicted octanol–water partition coefficient (Wildman–Crippen LogP) is 3.20. The van der Waals surface area contributed by atoms with Gasteiger partial charge in [-0.05, 0) is 56.9 Å². The Morgan fingerprint density at radius 1 is 1.11 bits per heavy atom. The molecule has 5 aliphatic rings. The topological polar surface area (TPSA) is 146 Å². The van der Waals surface area contributed by atoms with Crippen LogP contribution in [0.2, 0.25) is 0 Å². The summed E-state index contributed by atoms with van der Waals surface area (Å²) in [7, 11) is 0. The first kappa shape index (κ1) is 30.4. The van der Waals surface area contributed by atoms with Crippen LogP contribution in [-0.4, -0.2) is 77.5 Å². The summed E-state index contributed by atoms with van der Waals surface area (Å²) in [6.45, 7) is 2.62. The van der Waals surface area contributed by atoms with Gasteiger partial charge in [-0.15, -0.1) is 0 Å². The molecule has 1 unspecified atom stereocenters. The molecule has 1 aromatic heterocycles. The molecule has 5 heterocycles. The number of aromatic nitrogens is 1. The summed E-state index contributed by atoms with van der Waals surface area (Å²) in [5, 5.41) is 9.59. The minimum absolute atomic E-state index is 0.0230. The Hall–Kier alpha value is -4.27. The zero-order chi connectivity index (χ0) is 32.3. The lowest BCUT2D eigenvalue weighted by Gasteiger charge is -2.47. The second-order valence-electron chi connectivity index (χ2n) is 12.4. The number of carbonyl (C=O) groups excluding carboxylic acids is 1. The number of carboxylic acid groups (broad SMARTS) is 1. The van der Waals surface area contributed by atoms with E-state index in [9.17, 15) is 23.9 Å². The number of piperidine rings is 1. The highest BCUT2D eigenvalue weighted by molar-refractivity contribution is 5.93. The van der Waals surface area contributed by atoms with E-state index in [2.05, 4.69) is 0 Å². The zero-order valence-corrected chi connectivity index (χ0v) is 25.1. The number of nitrogens with two attached hydrogens (primary N) is 1. The van der Waals surface area contributed by atoms with Crippen molar-refractivity contribution in [1.82, 2.24) is 9.47 Å². The summed E-state index contributed by atoms with van der Waals surface area (Å²) >= 11 is 0. The van der Waals surface area contributed by atoms with Crippen LogP contribution < -0.4 is 25.5 Å². The number of anilines is 1. The van der Waals surface area contributed by atoms with Crippen molar-refractivity contribution in [3.8, 4) is 11.5 Å². The minimum atomic E-state index is -1.45. The number of esters is 1. The number of rotatable bonds is 8. The number of fused-ring (bicyclic) bond motifs is 5. The molecule has 0 radical (unpaired) electrons. The number of hydrogen-bond donors (Lipinski definition) is 2. The summed E-state index contributed by atoms with van der Waals surface area (Å²) < 4.78 is 56.2. The third kappa shape index (κ3) is 5.33. The average Bonchev–Trinajstić information content (AvgIpc) is 3.82. The largest absolute Gasteiger partial charge is 0.477 e. The molecule has 12 nitrogen and oxygen atoms in total. The van der Waals surface area contributed by atoms with E-state index in [4.69, 9.17) is 24.7 Å². The van der Waals surface area contributed by atoms with Crippen molar-refractivity contribution in [2.75, 3.05) is 37.9 Å². The molecule has 1 saturated carbocycles. The molecule has 3 aromatic rings. The van der Waals surface area contributed by atoms with E-state index >= 15 is 4.39 Å². The Morgan fingerprint density at radius 3 is 2.54 bits per heavy atom. The molecule has 0 amide bonds. The van der Waals surface area contributed by atoms with Crippen LogP contribution in [-0.2, 0) is 14.3 Å². The van der Waals surface area contributed by atoms with Gasteiger partial charge >= 0.3 is 17.8 Å². The number of carbonyl (C=O) groups is 2. The smallest absolute Gasteiger partial charge is 0.341 e. The third-order valence-corrected chi connectivity index (χ3v) is 9.16. The Balaban J connectivity index is 1.15. The quantitative estimate of drug-likeness (QED) is 0.350. The number of pyridine rings is 1. The number of halogens is 2. The van der Waals surface area contributed by atoms with Gasteiger partial charge in [-0.25, -0.2) is 18.5 Å². The molecule has 244 valence electrons. The van der Waals surface area contributed by atoms with E-state index in [-0.39, 0.29) is 54.3 Å². The maximum Gasteiger partial charge on any atom is 0.341 e. The van der Waals surface area contributed by atoms with Gasteiger partial charge in [-0.1, -0.05) is 0 Å². The molecule has 0 spiro atoms. The summed E-state index contributed by atoms with van der Waals surface area (Å²) in [5.74, 6) is -4.54. The molecule has 3 fully saturated rings. The highest BCUT2D eigenvalue weighted by atomic mass is 19.1. The third-order valence-electron chi connectivity index (χ3n) is 9.16. The number of aromatic carboxylic acids is 1. The number of benzene rings is 2. The van der Waals surface area contributed by atoms with Gasteiger partial charge in [0.05, 0.1) is 17.1 Å². The van der Waals surface area contributed by atoms with Gasteiger partial charge in [-0.3, -0.25) is 9.59 Å². The van der Waals surface area contributed by atoms with E-state index in [1.54, 1.807) is 16.7 Å². The maximum absolute atomic E-state index is 15.6. The lowest BCUT2D eigenvalue weighted by Crippen LogP contribution is -2.63. The van der Waals surface area contributed by atoms with Crippen molar-refractivity contribution < 1.29 is 42.4 Å². The summed E-state index contributed by atoms with van der Waals surface area (Å²) in [4.78, 5) is 40.3. The van der Waals surface area contributed by atoms with Crippen molar-refractivity contribution in [2.24, 2.45) is 11.7 Å². The first-order chi connectivity index (χ1) is 22.0. The number of hydrogen-bond acceptors (Lipinski definition) is 10. The average molecular weight is 641 g/mol. The van der Waals surface area contributed by atoms with Gasteiger partial charge in [0, 0.05) is 43.3 Å². The van der Waals surface area contributed by atoms with Crippen LogP contribution in [0.4, 0.5) is 14.5 Å². The molecule has 2 bridgehead atoms. The van der Waals surface area contributed by atoms with Gasteiger partial charge in [0.25, 0.3) is 0 Å². The fraction of sp³-hybridized carbons (Fsp3) is 0.469. The highest BCUT2D eigenvalue weighted by Gasteiger charge is 2.54. The Labute approximate surface area is 262 Å². The van der Waals surface area contributed by atoms with E-state index in [1.165, 1.54) is 25.3 Å². The highest BCUT2D eigenvalue weighted by Crippen LogP contribution is 2.44. The molecule has 2 saturated heterocycles. The zero-order valence-electron chi connectivity index (χ0n) is 25.1. The molecule has 3 atom stereocenters. The fourth-order valence-corrected chi connectivity index (χ4v) is 6.59. The van der Waals surface area contributed by atoms with Crippen LogP contribution >= 0.6 is 0 Å². The van der Waals surface area contributed by atoms with Crippen LogP contribution in [0.1, 0.15) is 49.0 Å². The Bertz CT molecular complexity index is 1770. The first-order valence-corrected chi connectivity index (χ1v) is 15.4. The van der Waals surface area contributed by atoms with Crippen molar-refractivity contribution >= 4 is 28.5 Å². The molecule has 8 rings (SSSR count). The van der Waals surface area contributed by atoms with E-state index in [1.807, 2.05) is 9.80 Å². The number of carboxylic acids is 1. The van der Waals surface area contributed by atoms with E-state index < -0.39 is 47.1 Å². The monoisotopic (exact) mass is 640 g/mol. The van der Waals surface area contributed by atoms with Crippen LogP contribution in [0.3, 0.4) is 0 Å². The standard InChI is InChI=1S/C32H34F2N4O8/c1-17(35)31(42)43-15-21-13-37(16-44-21)32(45-20-4-5-28(46-32)25(34)10-20)18-6-8-36(9-7-18)27-12-26-22(11-24(27)33)29(39)23(30(40)41)14-38(26)19-2-3-19/h4-5,10-12,14,17-19,21H,2-3,6-9,13,15-16,35H2,1H3,(H,40,41)/t17-,21+,32?/m0/s1. The molecular weight excluding hydrogens is 606 g/mol. The van der Waals surface area contributed by atoms with Crippen molar-refractivity contribution in [1.29, 1.82) is 0 Å². The van der Waals surface area contributed by atoms with E-state index in [0.29, 0.717) is 37.1 Å². The van der Waals surface area contributed by atoms with Gasteiger partial charge < -0.3 is 39.3 Å². The van der Waals surface area contributed by atoms with Crippen molar-refractivity contribution in [3.05, 3.63) is 63.9 Å². The van der Waals surface area contributed by atoms with Gasteiger partial charge in [0.15, 0.2) is 11.6 Å². The fourth-order valence-electron chi connectivity index (χ4n) is 6.59. The minimum Gasteiger partial charge on any atom is -0.477 e. The molecule has 1 aliphatic carbocycles. The van der Waals surface area contributed by atoms with Gasteiger partial charge in [0.1, 0.15) is 42.6 Å². The molecule has 46 heavy (non-hydrogen) atoms. The number of nitrogens with zero attached hydrogens (tertiary/aromatic N) is 3. The lowest BCUT2D eigenvalue weighted by atomic mass is 9.91. The first-order valence-electron chi connectivity index (χ1n) is 15.4. The molecule has 2 aromatic carbocycles. The van der Waals surface area contributed by atoms with Gasteiger partial charge in [0.2, 0.25) is 5.43 Å². The van der Waals surface area contributed by atoms with E-state index in [0.717, 1.165) is 18.9 Å². The second-order valence-corrected chi connectivity index (χ2v) is 12.4. The van der Waals surface area contributed by atoms with Crippen LogP contribution in [0, 0.1) is 17.6 Å². The van der Waals surface area contributed by atoms with Crippen LogP contribution in [0.15, 0.2) is 41.3 Å². The number of ether oxygens (including phenoxy) is 4. The summed E-state index contributed by atoms with van der Waals surface area (Å²) in [5.41, 5.74) is 5.30.